The molecule has 0 aliphatic carbocycles. The molecule has 0 atom stereocenters. The van der Waals surface area contributed by atoms with Crippen LogP contribution >= 0.6 is 23.3 Å². The fourth-order valence-electron chi connectivity index (χ4n) is 1.77. The van der Waals surface area contributed by atoms with E-state index in [-0.39, 0.29) is 6.61 Å². The summed E-state index contributed by atoms with van der Waals surface area (Å²) in [4.78, 5) is 0. The zero-order chi connectivity index (χ0) is 13.2. The van der Waals surface area contributed by atoms with Crippen LogP contribution in [0.3, 0.4) is 0 Å². The van der Waals surface area contributed by atoms with Crippen LogP contribution in [0.5, 0.6) is 0 Å². The van der Waals surface area contributed by atoms with Crippen molar-refractivity contribution < 1.29 is 9.52 Å². The number of aliphatic hydroxyl groups excluding tert-OH is 1. The Morgan fingerprint density at radius 2 is 2.05 bits per heavy atom. The van der Waals surface area contributed by atoms with Gasteiger partial charge >= 0.3 is 0 Å². The Balaban J connectivity index is 1.84. The van der Waals surface area contributed by atoms with Crippen LogP contribution in [-0.4, -0.2) is 13.9 Å². The van der Waals surface area contributed by atoms with E-state index in [0.29, 0.717) is 17.3 Å². The first kappa shape index (κ1) is 12.4. The first-order chi connectivity index (χ1) is 9.28. The maximum atomic E-state index is 8.94. The second-order valence-corrected chi connectivity index (χ2v) is 4.87. The van der Waals surface area contributed by atoms with E-state index in [0.717, 1.165) is 34.2 Å². The Bertz CT molecular complexity index is 710. The van der Waals surface area contributed by atoms with Crippen molar-refractivity contribution in [3.8, 4) is 0 Å². The molecule has 3 rings (SSSR count). The van der Waals surface area contributed by atoms with Gasteiger partial charge in [-0.25, -0.2) is 0 Å². The topological polar surface area (TPSA) is 71.2 Å². The normalized spacial score (nSPS) is 11.1. The number of hydrogen-bond donors (Lipinski definition) is 2. The molecule has 2 aromatic heterocycles. The predicted octanol–water partition coefficient (Wildman–Crippen LogP) is 3.04. The number of fused-ring (bicyclic) bond motifs is 1. The number of furan rings is 1. The monoisotopic (exact) mass is 295 g/mol. The first-order valence-electron chi connectivity index (χ1n) is 5.61. The molecule has 0 aliphatic heterocycles. The lowest BCUT2D eigenvalue weighted by atomic mass is 10.2. The number of hydrogen-bond acceptors (Lipinski definition) is 6. The second kappa shape index (κ2) is 5.16. The number of halogens is 1. The summed E-state index contributed by atoms with van der Waals surface area (Å²) in [5, 5.41) is 12.7. The summed E-state index contributed by atoms with van der Waals surface area (Å²) in [5.41, 5.74) is 2.31. The van der Waals surface area contributed by atoms with E-state index < -0.39 is 0 Å². The van der Waals surface area contributed by atoms with E-state index >= 15 is 0 Å². The molecule has 5 nitrogen and oxygen atoms in total. The molecule has 0 bridgehead atoms. The summed E-state index contributed by atoms with van der Waals surface area (Å²) in [6.07, 6.45) is 0. The minimum atomic E-state index is -0.105. The molecular formula is C12H10ClN3O2S. The molecule has 0 saturated carbocycles. The van der Waals surface area contributed by atoms with E-state index in [1.807, 2.05) is 12.1 Å². The average Bonchev–Trinajstić information content (AvgIpc) is 3.05. The largest absolute Gasteiger partial charge is 0.462 e. The van der Waals surface area contributed by atoms with E-state index in [9.17, 15) is 0 Å². The lowest BCUT2D eigenvalue weighted by Gasteiger charge is -2.07. The van der Waals surface area contributed by atoms with Crippen LogP contribution in [0.15, 0.2) is 28.7 Å². The summed E-state index contributed by atoms with van der Waals surface area (Å²) in [6, 6.07) is 7.17. The standard InChI is InChI=1S/C12H10ClN3O2S/c13-9-3-4-10-12(16-19-15-10)11(9)14-5-7-1-2-8(6-17)18-7/h1-4,14,17H,5-6H2. The molecule has 19 heavy (non-hydrogen) atoms. The third kappa shape index (κ3) is 2.42. The van der Waals surface area contributed by atoms with Crippen LogP contribution in [0, 0.1) is 0 Å². The Labute approximate surface area is 118 Å². The lowest BCUT2D eigenvalue weighted by Crippen LogP contribution is -1.99. The summed E-state index contributed by atoms with van der Waals surface area (Å²) in [5.74, 6) is 1.26. The molecule has 1 aromatic carbocycles. The van der Waals surface area contributed by atoms with Crippen molar-refractivity contribution in [2.24, 2.45) is 0 Å². The third-order valence-corrected chi connectivity index (χ3v) is 3.55. The quantitative estimate of drug-likeness (QED) is 0.774. The van der Waals surface area contributed by atoms with Crippen molar-refractivity contribution in [2.75, 3.05) is 5.32 Å². The maximum Gasteiger partial charge on any atom is 0.129 e. The van der Waals surface area contributed by atoms with Gasteiger partial charge in [0.1, 0.15) is 29.2 Å². The molecule has 0 radical (unpaired) electrons. The molecular weight excluding hydrogens is 286 g/mol. The summed E-state index contributed by atoms with van der Waals surface area (Å²) in [7, 11) is 0. The van der Waals surface area contributed by atoms with Gasteiger partial charge in [-0.15, -0.1) is 0 Å². The molecule has 0 fully saturated rings. The molecule has 2 heterocycles. The summed E-state index contributed by atoms with van der Waals surface area (Å²) in [6.45, 7) is 0.364. The minimum Gasteiger partial charge on any atom is -0.462 e. The van der Waals surface area contributed by atoms with Crippen LogP contribution in [0.4, 0.5) is 5.69 Å². The molecule has 0 unspecified atom stereocenters. The molecule has 0 amide bonds. The number of aliphatic hydroxyl groups is 1. The van der Waals surface area contributed by atoms with Gasteiger partial charge in [-0.05, 0) is 24.3 Å². The molecule has 98 valence electrons. The second-order valence-electron chi connectivity index (χ2n) is 3.93. The molecule has 2 N–H and O–H groups in total. The van der Waals surface area contributed by atoms with Crippen LogP contribution in [0.2, 0.25) is 5.02 Å². The Kier molecular flexibility index (Phi) is 3.37. The van der Waals surface area contributed by atoms with Gasteiger partial charge in [0, 0.05) is 0 Å². The van der Waals surface area contributed by atoms with Crippen molar-refractivity contribution in [3.63, 3.8) is 0 Å². The van der Waals surface area contributed by atoms with Crippen LogP contribution in [0.1, 0.15) is 11.5 Å². The lowest BCUT2D eigenvalue weighted by molar-refractivity contribution is 0.244. The molecule has 7 heteroatoms. The Morgan fingerprint density at radius 3 is 2.84 bits per heavy atom. The predicted molar refractivity (Wildman–Crippen MR) is 74.4 cm³/mol. The van der Waals surface area contributed by atoms with Crippen molar-refractivity contribution in [1.82, 2.24) is 8.75 Å². The van der Waals surface area contributed by atoms with Gasteiger partial charge in [-0.2, -0.15) is 8.75 Å². The van der Waals surface area contributed by atoms with Crippen LogP contribution in [-0.2, 0) is 13.2 Å². The van der Waals surface area contributed by atoms with Gasteiger partial charge in [0.25, 0.3) is 0 Å². The van der Waals surface area contributed by atoms with E-state index in [1.54, 1.807) is 12.1 Å². The molecule has 0 spiro atoms. The highest BCUT2D eigenvalue weighted by Gasteiger charge is 2.10. The van der Waals surface area contributed by atoms with Gasteiger partial charge < -0.3 is 14.8 Å². The zero-order valence-electron chi connectivity index (χ0n) is 9.76. The van der Waals surface area contributed by atoms with Gasteiger partial charge in [0.2, 0.25) is 0 Å². The zero-order valence-corrected chi connectivity index (χ0v) is 11.3. The molecule has 3 aromatic rings. The molecule has 0 aliphatic rings. The minimum absolute atomic E-state index is 0.105. The highest BCUT2D eigenvalue weighted by molar-refractivity contribution is 7.00. The summed E-state index contributed by atoms with van der Waals surface area (Å²) < 4.78 is 13.8. The number of nitrogens with one attached hydrogen (secondary N) is 1. The van der Waals surface area contributed by atoms with Crippen LogP contribution in [0.25, 0.3) is 11.0 Å². The molecule has 0 saturated heterocycles. The van der Waals surface area contributed by atoms with Crippen molar-refractivity contribution in [2.45, 2.75) is 13.2 Å². The highest BCUT2D eigenvalue weighted by Crippen LogP contribution is 2.30. The Hall–Kier alpha value is -1.63. The number of rotatable bonds is 4. The van der Waals surface area contributed by atoms with Crippen molar-refractivity contribution in [1.29, 1.82) is 0 Å². The van der Waals surface area contributed by atoms with E-state index in [2.05, 4.69) is 14.1 Å². The number of benzene rings is 1. The fourth-order valence-corrected chi connectivity index (χ4v) is 2.53. The fraction of sp³-hybridized carbons (Fsp3) is 0.167. The SMILES string of the molecule is OCc1ccc(CNc2c(Cl)ccc3nsnc23)o1. The van der Waals surface area contributed by atoms with Gasteiger partial charge in [0.05, 0.1) is 29.0 Å². The van der Waals surface area contributed by atoms with Gasteiger partial charge in [0.15, 0.2) is 0 Å². The number of nitrogens with zero attached hydrogens (tertiary/aromatic N) is 2. The van der Waals surface area contributed by atoms with E-state index in [1.165, 1.54) is 0 Å². The first-order valence-corrected chi connectivity index (χ1v) is 6.72. The van der Waals surface area contributed by atoms with Crippen molar-refractivity contribution in [3.05, 3.63) is 40.8 Å². The number of anilines is 1. The number of aromatic nitrogens is 2. The van der Waals surface area contributed by atoms with Crippen LogP contribution < -0.4 is 5.32 Å². The van der Waals surface area contributed by atoms with Crippen molar-refractivity contribution >= 4 is 40.0 Å². The Morgan fingerprint density at radius 1 is 1.21 bits per heavy atom. The summed E-state index contributed by atoms with van der Waals surface area (Å²) >= 11 is 7.31. The maximum absolute atomic E-state index is 8.94. The van der Waals surface area contributed by atoms with Gasteiger partial charge in [-0.3, -0.25) is 0 Å². The van der Waals surface area contributed by atoms with E-state index in [4.69, 9.17) is 21.1 Å². The van der Waals surface area contributed by atoms with Gasteiger partial charge in [-0.1, -0.05) is 11.6 Å². The highest BCUT2D eigenvalue weighted by atomic mass is 35.5. The average molecular weight is 296 g/mol. The third-order valence-electron chi connectivity index (χ3n) is 2.69. The smallest absolute Gasteiger partial charge is 0.129 e.